The van der Waals surface area contributed by atoms with Crippen molar-refractivity contribution in [3.63, 3.8) is 0 Å². The highest BCUT2D eigenvalue weighted by Gasteiger charge is 2.25. The number of anilines is 1. The summed E-state index contributed by atoms with van der Waals surface area (Å²) in [5.41, 5.74) is 1.94. The minimum absolute atomic E-state index is 0.0659. The normalized spacial score (nSPS) is 16.0. The summed E-state index contributed by atoms with van der Waals surface area (Å²) in [6.07, 6.45) is 1.73. The van der Waals surface area contributed by atoms with Crippen LogP contribution in [0.25, 0.3) is 0 Å². The molecule has 0 saturated carbocycles. The molecule has 1 aliphatic rings. The Morgan fingerprint density at radius 1 is 1.12 bits per heavy atom. The van der Waals surface area contributed by atoms with E-state index in [9.17, 15) is 4.79 Å². The predicted octanol–water partition coefficient (Wildman–Crippen LogP) is 5.45. The number of nitrogens with zero attached hydrogens (tertiary/aromatic N) is 1. The highest BCUT2D eigenvalue weighted by molar-refractivity contribution is 14.1. The number of rotatable bonds is 4. The second kappa shape index (κ2) is 8.71. The Morgan fingerprint density at radius 3 is 2.44 bits per heavy atom. The zero-order chi connectivity index (χ0) is 17.8. The third kappa shape index (κ3) is 5.33. The molecule has 1 saturated heterocycles. The van der Waals surface area contributed by atoms with Gasteiger partial charge in [-0.25, -0.2) is 0 Å². The molecule has 3 nitrogen and oxygen atoms in total. The smallest absolute Gasteiger partial charge is 0.227 e. The Bertz CT molecular complexity index is 744. The van der Waals surface area contributed by atoms with Crippen molar-refractivity contribution in [3.8, 4) is 0 Å². The van der Waals surface area contributed by atoms with Crippen molar-refractivity contribution in [1.29, 1.82) is 0 Å². The summed E-state index contributed by atoms with van der Waals surface area (Å²) in [6, 6.07) is 13.5. The van der Waals surface area contributed by atoms with E-state index in [4.69, 9.17) is 23.2 Å². The number of carbonyl (C=O) groups is 1. The van der Waals surface area contributed by atoms with E-state index in [1.807, 2.05) is 36.4 Å². The van der Waals surface area contributed by atoms with Gasteiger partial charge in [0.05, 0.1) is 0 Å². The largest absolute Gasteiger partial charge is 0.326 e. The van der Waals surface area contributed by atoms with Crippen LogP contribution in [0.15, 0.2) is 42.5 Å². The highest BCUT2D eigenvalue weighted by atomic mass is 127. The first-order valence-electron chi connectivity index (χ1n) is 8.24. The van der Waals surface area contributed by atoms with Gasteiger partial charge in [0.1, 0.15) is 0 Å². The molecule has 2 aromatic rings. The fraction of sp³-hybridized carbons (Fsp3) is 0.316. The quantitative estimate of drug-likeness (QED) is 0.580. The van der Waals surface area contributed by atoms with Crippen LogP contribution in [-0.2, 0) is 11.3 Å². The molecule has 0 spiro atoms. The third-order valence-corrected chi connectivity index (χ3v) is 5.79. The van der Waals surface area contributed by atoms with Crippen LogP contribution >= 0.6 is 45.8 Å². The van der Waals surface area contributed by atoms with Crippen LogP contribution in [0.2, 0.25) is 10.0 Å². The lowest BCUT2D eigenvalue weighted by molar-refractivity contribution is -0.121. The molecule has 1 amide bonds. The van der Waals surface area contributed by atoms with Crippen LogP contribution < -0.4 is 5.32 Å². The molecule has 132 valence electrons. The molecule has 1 N–H and O–H groups in total. The molecular formula is C19H19Cl2IN2O. The average Bonchev–Trinajstić information content (AvgIpc) is 2.60. The molecule has 0 atom stereocenters. The van der Waals surface area contributed by atoms with Gasteiger partial charge in [0.15, 0.2) is 0 Å². The number of nitrogens with one attached hydrogen (secondary N) is 1. The van der Waals surface area contributed by atoms with E-state index in [-0.39, 0.29) is 11.8 Å². The van der Waals surface area contributed by atoms with Crippen molar-refractivity contribution in [1.82, 2.24) is 4.90 Å². The Hall–Kier alpha value is -0.820. The summed E-state index contributed by atoms with van der Waals surface area (Å²) in [5, 5.41) is 4.37. The van der Waals surface area contributed by atoms with E-state index in [1.54, 1.807) is 6.07 Å². The summed E-state index contributed by atoms with van der Waals surface area (Å²) < 4.78 is 1.16. The molecule has 1 fully saturated rings. The average molecular weight is 489 g/mol. The van der Waals surface area contributed by atoms with Crippen molar-refractivity contribution >= 4 is 57.4 Å². The molecule has 0 aliphatic carbocycles. The fourth-order valence-corrected chi connectivity index (χ4v) is 3.85. The molecule has 0 radical (unpaired) electrons. The van der Waals surface area contributed by atoms with E-state index in [0.717, 1.165) is 47.3 Å². The lowest BCUT2D eigenvalue weighted by Gasteiger charge is -2.31. The van der Waals surface area contributed by atoms with Gasteiger partial charge >= 0.3 is 0 Å². The van der Waals surface area contributed by atoms with Crippen LogP contribution in [0, 0.1) is 9.49 Å². The van der Waals surface area contributed by atoms with Crippen LogP contribution in [0.5, 0.6) is 0 Å². The standard InChI is InChI=1S/C19H19Cl2IN2O/c20-15-2-1-14(18(21)11-15)12-24-9-7-13(8-10-24)19(25)23-17-5-3-16(22)4-6-17/h1-6,11,13H,7-10,12H2,(H,23,25). The summed E-state index contributed by atoms with van der Waals surface area (Å²) in [4.78, 5) is 14.8. The minimum Gasteiger partial charge on any atom is -0.326 e. The van der Waals surface area contributed by atoms with Gasteiger partial charge in [-0.15, -0.1) is 0 Å². The van der Waals surface area contributed by atoms with Crippen LogP contribution in [0.3, 0.4) is 0 Å². The van der Waals surface area contributed by atoms with E-state index in [0.29, 0.717) is 10.0 Å². The van der Waals surface area contributed by atoms with Gasteiger partial charge in [-0.3, -0.25) is 9.69 Å². The van der Waals surface area contributed by atoms with Crippen LogP contribution in [0.4, 0.5) is 5.69 Å². The summed E-state index contributed by atoms with van der Waals surface area (Å²) >= 11 is 14.5. The van der Waals surface area contributed by atoms with E-state index in [1.165, 1.54) is 0 Å². The number of piperidine rings is 1. The number of amides is 1. The maximum Gasteiger partial charge on any atom is 0.227 e. The first kappa shape index (κ1) is 19.0. The van der Waals surface area contributed by atoms with Crippen molar-refractivity contribution in [2.24, 2.45) is 5.92 Å². The molecule has 0 unspecified atom stereocenters. The summed E-state index contributed by atoms with van der Waals surface area (Å²) in [7, 11) is 0. The van der Waals surface area contributed by atoms with Crippen molar-refractivity contribution in [2.45, 2.75) is 19.4 Å². The lowest BCUT2D eigenvalue weighted by Crippen LogP contribution is -2.37. The molecule has 0 bridgehead atoms. The Labute approximate surface area is 171 Å². The fourth-order valence-electron chi connectivity index (χ4n) is 3.02. The van der Waals surface area contributed by atoms with Crippen molar-refractivity contribution in [2.75, 3.05) is 18.4 Å². The van der Waals surface area contributed by atoms with Gasteiger partial charge < -0.3 is 5.32 Å². The highest BCUT2D eigenvalue weighted by Crippen LogP contribution is 2.25. The monoisotopic (exact) mass is 488 g/mol. The lowest BCUT2D eigenvalue weighted by atomic mass is 9.95. The minimum atomic E-state index is 0.0659. The van der Waals surface area contributed by atoms with Crippen molar-refractivity contribution in [3.05, 3.63) is 61.6 Å². The molecule has 3 rings (SSSR count). The second-order valence-corrected chi connectivity index (χ2v) is 8.37. The first-order chi connectivity index (χ1) is 12.0. The molecule has 2 aromatic carbocycles. The van der Waals surface area contributed by atoms with Gasteiger partial charge in [0, 0.05) is 31.8 Å². The van der Waals surface area contributed by atoms with Crippen LogP contribution in [0.1, 0.15) is 18.4 Å². The Kier molecular flexibility index (Phi) is 6.61. The summed E-state index contributed by atoms with van der Waals surface area (Å²) in [6.45, 7) is 2.58. The number of benzene rings is 2. The number of hydrogen-bond donors (Lipinski definition) is 1. The SMILES string of the molecule is O=C(Nc1ccc(I)cc1)C1CCN(Cc2ccc(Cl)cc2Cl)CC1. The zero-order valence-corrected chi connectivity index (χ0v) is 17.3. The number of carbonyl (C=O) groups excluding carboxylic acids is 1. The Morgan fingerprint density at radius 2 is 1.80 bits per heavy atom. The zero-order valence-electron chi connectivity index (χ0n) is 13.6. The molecule has 1 aliphatic heterocycles. The second-order valence-electron chi connectivity index (χ2n) is 6.28. The van der Waals surface area contributed by atoms with E-state index < -0.39 is 0 Å². The van der Waals surface area contributed by atoms with Gasteiger partial charge in [0.25, 0.3) is 0 Å². The first-order valence-corrected chi connectivity index (χ1v) is 10.1. The van der Waals surface area contributed by atoms with Gasteiger partial charge in [-0.05, 0) is 90.5 Å². The van der Waals surface area contributed by atoms with Gasteiger partial charge in [-0.1, -0.05) is 29.3 Å². The van der Waals surface area contributed by atoms with Crippen molar-refractivity contribution < 1.29 is 4.79 Å². The number of hydrogen-bond acceptors (Lipinski definition) is 2. The molecule has 0 aromatic heterocycles. The number of halogens is 3. The molecule has 25 heavy (non-hydrogen) atoms. The van der Waals surface area contributed by atoms with Gasteiger partial charge in [-0.2, -0.15) is 0 Å². The number of likely N-dealkylation sites (tertiary alicyclic amines) is 1. The third-order valence-electron chi connectivity index (χ3n) is 4.48. The predicted molar refractivity (Wildman–Crippen MR) is 112 cm³/mol. The topological polar surface area (TPSA) is 32.3 Å². The van der Waals surface area contributed by atoms with E-state index in [2.05, 4.69) is 32.8 Å². The molecule has 6 heteroatoms. The van der Waals surface area contributed by atoms with Crippen LogP contribution in [-0.4, -0.2) is 23.9 Å². The molecular weight excluding hydrogens is 470 g/mol. The maximum atomic E-state index is 12.4. The maximum absolute atomic E-state index is 12.4. The molecule has 1 heterocycles. The van der Waals surface area contributed by atoms with Gasteiger partial charge in [0.2, 0.25) is 5.91 Å². The van der Waals surface area contributed by atoms with E-state index >= 15 is 0 Å². The summed E-state index contributed by atoms with van der Waals surface area (Å²) in [5.74, 6) is 0.182. The Balaban J connectivity index is 1.51.